The van der Waals surface area contributed by atoms with Crippen LogP contribution < -0.4 is 0 Å². The molecule has 2 heterocycles. The third kappa shape index (κ3) is 1.98. The molecule has 1 amide bonds. The van der Waals surface area contributed by atoms with Gasteiger partial charge in [-0.1, -0.05) is 6.07 Å². The molecule has 1 aromatic carbocycles. The normalized spacial score (nSPS) is 18.9. The maximum atomic E-state index is 12.5. The van der Waals surface area contributed by atoms with Crippen molar-refractivity contribution in [3.05, 3.63) is 30.0 Å². The van der Waals surface area contributed by atoms with Crippen LogP contribution in [-0.2, 0) is 4.79 Å². The highest BCUT2D eigenvalue weighted by Gasteiger charge is 2.34. The number of amides is 1. The second-order valence-electron chi connectivity index (χ2n) is 4.54. The first-order chi connectivity index (χ1) is 9.18. The van der Waals surface area contributed by atoms with E-state index in [1.165, 1.54) is 16.4 Å². The summed E-state index contributed by atoms with van der Waals surface area (Å²) in [7, 11) is 0. The molecule has 6 heteroatoms. The molecule has 0 spiro atoms. The molecule has 1 aliphatic heterocycles. The van der Waals surface area contributed by atoms with Crippen LogP contribution in [0, 0.1) is 0 Å². The number of aliphatic carboxylic acids is 1. The van der Waals surface area contributed by atoms with Crippen LogP contribution >= 0.6 is 11.5 Å². The topological polar surface area (TPSA) is 70.5 Å². The summed E-state index contributed by atoms with van der Waals surface area (Å²) in [5.74, 6) is -1.14. The SMILES string of the molecule is O=C(O)[C@@H]1CCCN1C(=O)c1cccc2sncc12. The number of aromatic nitrogens is 1. The summed E-state index contributed by atoms with van der Waals surface area (Å²) in [6.07, 6.45) is 2.93. The fourth-order valence-corrected chi connectivity index (χ4v) is 3.17. The number of hydrogen-bond donors (Lipinski definition) is 1. The molecule has 1 aromatic heterocycles. The van der Waals surface area contributed by atoms with Gasteiger partial charge in [-0.15, -0.1) is 0 Å². The number of rotatable bonds is 2. The van der Waals surface area contributed by atoms with E-state index in [0.29, 0.717) is 18.5 Å². The van der Waals surface area contributed by atoms with E-state index in [0.717, 1.165) is 16.5 Å². The van der Waals surface area contributed by atoms with Gasteiger partial charge in [-0.3, -0.25) is 4.79 Å². The van der Waals surface area contributed by atoms with Crippen LogP contribution in [0.4, 0.5) is 0 Å². The number of fused-ring (bicyclic) bond motifs is 1. The molecule has 1 fully saturated rings. The van der Waals surface area contributed by atoms with Crippen LogP contribution in [0.25, 0.3) is 10.1 Å². The fraction of sp³-hybridized carbons (Fsp3) is 0.308. The summed E-state index contributed by atoms with van der Waals surface area (Å²) in [5, 5.41) is 9.95. The van der Waals surface area contributed by atoms with Crippen molar-refractivity contribution in [1.82, 2.24) is 9.27 Å². The van der Waals surface area contributed by atoms with Crippen molar-refractivity contribution in [3.63, 3.8) is 0 Å². The van der Waals surface area contributed by atoms with E-state index < -0.39 is 12.0 Å². The lowest BCUT2D eigenvalue weighted by Crippen LogP contribution is -2.40. The highest BCUT2D eigenvalue weighted by molar-refractivity contribution is 7.13. The molecule has 5 nitrogen and oxygen atoms in total. The Bertz CT molecular complexity index is 652. The van der Waals surface area contributed by atoms with Crippen molar-refractivity contribution < 1.29 is 14.7 Å². The summed E-state index contributed by atoms with van der Waals surface area (Å²) in [4.78, 5) is 25.1. The molecule has 1 aliphatic rings. The average Bonchev–Trinajstić information content (AvgIpc) is 3.05. The molecule has 1 atom stereocenters. The first-order valence-electron chi connectivity index (χ1n) is 6.05. The predicted molar refractivity (Wildman–Crippen MR) is 71.3 cm³/mol. The minimum atomic E-state index is -0.929. The van der Waals surface area contributed by atoms with E-state index >= 15 is 0 Å². The maximum Gasteiger partial charge on any atom is 0.326 e. The van der Waals surface area contributed by atoms with Gasteiger partial charge in [0, 0.05) is 23.7 Å². The Kier molecular flexibility index (Phi) is 2.94. The van der Waals surface area contributed by atoms with E-state index in [-0.39, 0.29) is 5.91 Å². The number of carboxylic acid groups (broad SMARTS) is 1. The lowest BCUT2D eigenvalue weighted by atomic mass is 10.1. The molecule has 3 rings (SSSR count). The average molecular weight is 276 g/mol. The number of carbonyl (C=O) groups excluding carboxylic acids is 1. The molecule has 1 N–H and O–H groups in total. The van der Waals surface area contributed by atoms with Crippen molar-refractivity contribution in [2.24, 2.45) is 0 Å². The van der Waals surface area contributed by atoms with Gasteiger partial charge in [0.15, 0.2) is 0 Å². The minimum absolute atomic E-state index is 0.212. The zero-order valence-electron chi connectivity index (χ0n) is 10.1. The number of nitrogens with zero attached hydrogens (tertiary/aromatic N) is 2. The van der Waals surface area contributed by atoms with Gasteiger partial charge in [0.1, 0.15) is 6.04 Å². The van der Waals surface area contributed by atoms with Crippen molar-refractivity contribution in [2.75, 3.05) is 6.54 Å². The smallest absolute Gasteiger partial charge is 0.326 e. The summed E-state index contributed by atoms with van der Waals surface area (Å²) in [5.41, 5.74) is 0.541. The predicted octanol–water partition coefficient (Wildman–Crippen LogP) is 1.99. The van der Waals surface area contributed by atoms with Gasteiger partial charge in [0.05, 0.1) is 4.70 Å². The third-order valence-corrected chi connectivity index (χ3v) is 4.19. The van der Waals surface area contributed by atoms with E-state index in [4.69, 9.17) is 5.11 Å². The first-order valence-corrected chi connectivity index (χ1v) is 6.83. The van der Waals surface area contributed by atoms with E-state index in [2.05, 4.69) is 4.37 Å². The third-order valence-electron chi connectivity index (χ3n) is 3.43. The lowest BCUT2D eigenvalue weighted by Gasteiger charge is -2.21. The zero-order chi connectivity index (χ0) is 13.4. The minimum Gasteiger partial charge on any atom is -0.480 e. The first kappa shape index (κ1) is 12.1. The van der Waals surface area contributed by atoms with Crippen LogP contribution in [-0.4, -0.2) is 38.8 Å². The molecule has 19 heavy (non-hydrogen) atoms. The van der Waals surface area contributed by atoms with Crippen molar-refractivity contribution >= 4 is 33.5 Å². The molecular weight excluding hydrogens is 264 g/mol. The van der Waals surface area contributed by atoms with Crippen molar-refractivity contribution in [3.8, 4) is 0 Å². The Balaban J connectivity index is 2.00. The molecule has 98 valence electrons. The highest BCUT2D eigenvalue weighted by Crippen LogP contribution is 2.26. The van der Waals surface area contributed by atoms with Crippen LogP contribution in [0.15, 0.2) is 24.4 Å². The molecule has 0 saturated carbocycles. The van der Waals surface area contributed by atoms with Gasteiger partial charge in [-0.2, -0.15) is 4.37 Å². The second-order valence-corrected chi connectivity index (χ2v) is 5.37. The van der Waals surface area contributed by atoms with Gasteiger partial charge >= 0.3 is 5.97 Å². The summed E-state index contributed by atoms with van der Waals surface area (Å²) in [6, 6.07) is 4.74. The Labute approximate surface area is 113 Å². The molecule has 1 saturated heterocycles. The lowest BCUT2D eigenvalue weighted by molar-refractivity contribution is -0.141. The Hall–Kier alpha value is -1.95. The molecule has 0 unspecified atom stereocenters. The second kappa shape index (κ2) is 4.62. The molecule has 0 bridgehead atoms. The van der Waals surface area contributed by atoms with Crippen LogP contribution in [0.3, 0.4) is 0 Å². The maximum absolute atomic E-state index is 12.5. The zero-order valence-corrected chi connectivity index (χ0v) is 10.9. The Morgan fingerprint density at radius 2 is 2.26 bits per heavy atom. The Morgan fingerprint density at radius 1 is 1.42 bits per heavy atom. The fourth-order valence-electron chi connectivity index (χ4n) is 2.50. The monoisotopic (exact) mass is 276 g/mol. The number of benzene rings is 1. The number of carbonyl (C=O) groups is 2. The van der Waals surface area contributed by atoms with E-state index in [1.54, 1.807) is 18.3 Å². The van der Waals surface area contributed by atoms with Crippen molar-refractivity contribution in [1.29, 1.82) is 0 Å². The number of carboxylic acids is 1. The summed E-state index contributed by atoms with van der Waals surface area (Å²) < 4.78 is 5.02. The van der Waals surface area contributed by atoms with E-state index in [9.17, 15) is 9.59 Å². The van der Waals surface area contributed by atoms with Gasteiger partial charge in [0.2, 0.25) is 0 Å². The standard InChI is InChI=1S/C13H12N2O3S/c16-12(15-6-2-4-10(15)13(17)18)8-3-1-5-11-9(8)7-14-19-11/h1,3,5,7,10H,2,4,6H2,(H,17,18)/t10-/m0/s1. The van der Waals surface area contributed by atoms with Crippen LogP contribution in [0.2, 0.25) is 0 Å². The van der Waals surface area contributed by atoms with Crippen molar-refractivity contribution in [2.45, 2.75) is 18.9 Å². The van der Waals surface area contributed by atoms with E-state index in [1.807, 2.05) is 6.07 Å². The molecule has 0 aliphatic carbocycles. The molecular formula is C13H12N2O3S. The van der Waals surface area contributed by atoms with Crippen LogP contribution in [0.5, 0.6) is 0 Å². The van der Waals surface area contributed by atoms with Gasteiger partial charge < -0.3 is 10.0 Å². The van der Waals surface area contributed by atoms with Gasteiger partial charge in [-0.05, 0) is 36.5 Å². The van der Waals surface area contributed by atoms with Crippen LogP contribution in [0.1, 0.15) is 23.2 Å². The number of likely N-dealkylation sites (tertiary alicyclic amines) is 1. The quantitative estimate of drug-likeness (QED) is 0.910. The van der Waals surface area contributed by atoms with Gasteiger partial charge in [-0.25, -0.2) is 4.79 Å². The highest BCUT2D eigenvalue weighted by atomic mass is 32.1. The Morgan fingerprint density at radius 3 is 3.05 bits per heavy atom. The van der Waals surface area contributed by atoms with Gasteiger partial charge in [0.25, 0.3) is 5.91 Å². The number of hydrogen-bond acceptors (Lipinski definition) is 4. The largest absolute Gasteiger partial charge is 0.480 e. The molecule has 0 radical (unpaired) electrons. The molecule has 2 aromatic rings. The summed E-state index contributed by atoms with van der Waals surface area (Å²) >= 11 is 1.33. The summed E-state index contributed by atoms with van der Waals surface area (Å²) in [6.45, 7) is 0.504.